The Labute approximate surface area is 295 Å². The number of hydrogen-bond donors (Lipinski definition) is 0. The van der Waals surface area contributed by atoms with E-state index in [1.165, 1.54) is 44.4 Å². The molecule has 0 aromatic heterocycles. The molecular weight excluding hydrogens is 605 g/mol. The van der Waals surface area contributed by atoms with Gasteiger partial charge in [-0.1, -0.05) is 127 Å². The van der Waals surface area contributed by atoms with Gasteiger partial charge in [-0.25, -0.2) is 0 Å². The van der Waals surface area contributed by atoms with Gasteiger partial charge in [0.05, 0.1) is 11.4 Å². The molecule has 2 heteroatoms. The molecule has 0 radical (unpaired) electrons. The van der Waals surface area contributed by atoms with Gasteiger partial charge in [0.25, 0.3) is 0 Å². The molecule has 0 aliphatic heterocycles. The Balaban J connectivity index is 1.27. The van der Waals surface area contributed by atoms with Gasteiger partial charge in [-0.15, -0.1) is 5.73 Å². The van der Waals surface area contributed by atoms with Crippen LogP contribution in [0.5, 0.6) is 0 Å². The summed E-state index contributed by atoms with van der Waals surface area (Å²) in [6, 6.07) is 52.5. The number of allylic oxidation sites excluding steroid dienone is 8. The van der Waals surface area contributed by atoms with Gasteiger partial charge >= 0.3 is 0 Å². The van der Waals surface area contributed by atoms with Crippen molar-refractivity contribution >= 4 is 33.5 Å². The summed E-state index contributed by atoms with van der Waals surface area (Å²) in [5.41, 5.74) is 15.0. The predicted molar refractivity (Wildman–Crippen MR) is 213 cm³/mol. The summed E-state index contributed by atoms with van der Waals surface area (Å²) >= 11 is 0. The molecule has 0 saturated heterocycles. The largest absolute Gasteiger partial charge is 0.314 e. The average Bonchev–Trinajstić information content (AvgIpc) is 3.63. The summed E-state index contributed by atoms with van der Waals surface area (Å²) in [7, 11) is 0. The van der Waals surface area contributed by atoms with Gasteiger partial charge in [-0.05, 0) is 108 Å². The van der Waals surface area contributed by atoms with Crippen LogP contribution < -0.4 is 9.80 Å². The summed E-state index contributed by atoms with van der Waals surface area (Å²) in [5.74, 6) is 0. The molecule has 0 amide bonds. The fraction of sp³-hybridized carbons (Fsp3) is 0.0625. The fourth-order valence-corrected chi connectivity index (χ4v) is 6.95. The minimum absolute atomic E-state index is 1.00. The number of hydrogen-bond acceptors (Lipinski definition) is 2. The summed E-state index contributed by atoms with van der Waals surface area (Å²) in [5, 5.41) is 2.38. The number of rotatable bonds is 8. The average molecular weight is 643 g/mol. The standard InChI is InChI=1S/C48H38N2/c1-2-12-22-41(21-11-1)49(43-31-27-39(28-32-43)37-17-7-5-8-18-37)47-35-36-48(46-26-16-15-25-45(46)47)50(42-23-13-3-4-14-24-42)44-33-29-40(30-34-44)38-19-9-6-10-20-38/h1,3,5-11,13-21,23-36H,2,12,22H2. The zero-order chi connectivity index (χ0) is 33.5. The van der Waals surface area contributed by atoms with Gasteiger partial charge in [-0.2, -0.15) is 0 Å². The van der Waals surface area contributed by atoms with E-state index in [4.69, 9.17) is 0 Å². The van der Waals surface area contributed by atoms with Crippen molar-refractivity contribution in [3.63, 3.8) is 0 Å². The molecule has 0 atom stereocenters. The van der Waals surface area contributed by atoms with Crippen molar-refractivity contribution in [3.05, 3.63) is 211 Å². The Morgan fingerprint density at radius 2 is 1.00 bits per heavy atom. The molecule has 6 aromatic carbocycles. The van der Waals surface area contributed by atoms with Crippen LogP contribution in [0.1, 0.15) is 19.3 Å². The summed E-state index contributed by atoms with van der Waals surface area (Å²) in [4.78, 5) is 4.83. The van der Waals surface area contributed by atoms with E-state index in [9.17, 15) is 0 Å². The third kappa shape index (κ3) is 6.41. The first-order chi connectivity index (χ1) is 24.8. The maximum atomic E-state index is 3.24. The van der Waals surface area contributed by atoms with Crippen LogP contribution in [-0.4, -0.2) is 0 Å². The maximum absolute atomic E-state index is 3.24. The second-order valence-corrected chi connectivity index (χ2v) is 12.6. The van der Waals surface area contributed by atoms with Gasteiger partial charge in [0.1, 0.15) is 0 Å². The molecule has 2 aliphatic carbocycles. The number of nitrogens with zero attached hydrogens (tertiary/aromatic N) is 2. The summed E-state index contributed by atoms with van der Waals surface area (Å²) in [6.07, 6.45) is 20.3. The highest BCUT2D eigenvalue weighted by Crippen LogP contribution is 2.44. The lowest BCUT2D eigenvalue weighted by Crippen LogP contribution is -2.18. The fourth-order valence-electron chi connectivity index (χ4n) is 6.95. The lowest BCUT2D eigenvalue weighted by Gasteiger charge is -2.32. The van der Waals surface area contributed by atoms with E-state index in [-0.39, 0.29) is 0 Å². The molecule has 0 unspecified atom stereocenters. The number of benzene rings is 6. The predicted octanol–water partition coefficient (Wildman–Crippen LogP) is 13.2. The highest BCUT2D eigenvalue weighted by molar-refractivity contribution is 6.06. The van der Waals surface area contributed by atoms with Crippen molar-refractivity contribution in [3.8, 4) is 22.3 Å². The van der Waals surface area contributed by atoms with E-state index in [2.05, 4.69) is 198 Å². The Morgan fingerprint density at radius 1 is 0.460 bits per heavy atom. The second kappa shape index (κ2) is 14.4. The molecule has 50 heavy (non-hydrogen) atoms. The normalized spacial score (nSPS) is 13.8. The molecule has 240 valence electrons. The summed E-state index contributed by atoms with van der Waals surface area (Å²) in [6.45, 7) is 0. The van der Waals surface area contributed by atoms with Crippen molar-refractivity contribution in [2.75, 3.05) is 9.80 Å². The van der Waals surface area contributed by atoms with Crippen LogP contribution in [0.15, 0.2) is 211 Å². The first-order valence-corrected chi connectivity index (χ1v) is 17.4. The molecule has 8 rings (SSSR count). The molecule has 2 aliphatic rings. The van der Waals surface area contributed by atoms with Crippen LogP contribution in [0.2, 0.25) is 0 Å². The van der Waals surface area contributed by atoms with E-state index in [0.29, 0.717) is 0 Å². The molecule has 2 nitrogen and oxygen atoms in total. The highest BCUT2D eigenvalue weighted by Gasteiger charge is 2.22. The molecule has 0 heterocycles. The number of anilines is 4. The first-order valence-electron chi connectivity index (χ1n) is 17.4. The van der Waals surface area contributed by atoms with Gasteiger partial charge in [0.2, 0.25) is 0 Å². The Morgan fingerprint density at radius 3 is 1.62 bits per heavy atom. The smallest absolute Gasteiger partial charge is 0.0541 e. The minimum Gasteiger partial charge on any atom is -0.314 e. The zero-order valence-electron chi connectivity index (χ0n) is 28.0. The van der Waals surface area contributed by atoms with Crippen LogP contribution in [-0.2, 0) is 0 Å². The van der Waals surface area contributed by atoms with Crippen LogP contribution in [0.4, 0.5) is 22.7 Å². The Hall–Kier alpha value is -6.34. The van der Waals surface area contributed by atoms with Gasteiger partial charge in [-0.3, -0.25) is 0 Å². The topological polar surface area (TPSA) is 6.48 Å². The maximum Gasteiger partial charge on any atom is 0.0541 e. The van der Waals surface area contributed by atoms with Gasteiger partial charge < -0.3 is 9.80 Å². The van der Waals surface area contributed by atoms with Crippen LogP contribution in [0.25, 0.3) is 33.0 Å². The van der Waals surface area contributed by atoms with E-state index < -0.39 is 0 Å². The molecular formula is C48H38N2. The van der Waals surface area contributed by atoms with Gasteiger partial charge in [0.15, 0.2) is 0 Å². The van der Waals surface area contributed by atoms with Crippen molar-refractivity contribution in [2.24, 2.45) is 0 Å². The molecule has 0 saturated carbocycles. The Bertz CT molecular complexity index is 2300. The van der Waals surface area contributed by atoms with Crippen molar-refractivity contribution < 1.29 is 0 Å². The SMILES string of the molecule is C1=CC=CC(N(c2ccc(-c3ccccc3)cc2)c2ccc(N(C3=CC=CCCC3)c3ccc(-c4ccccc4)cc3)c3ccccc23)=CC=1. The molecule has 0 bridgehead atoms. The molecule has 0 N–H and O–H groups in total. The van der Waals surface area contributed by atoms with E-state index >= 15 is 0 Å². The van der Waals surface area contributed by atoms with Crippen molar-refractivity contribution in [1.82, 2.24) is 0 Å². The van der Waals surface area contributed by atoms with Gasteiger partial charge in [0, 0.05) is 33.5 Å². The molecule has 0 fully saturated rings. The van der Waals surface area contributed by atoms with Crippen LogP contribution in [0, 0.1) is 0 Å². The highest BCUT2D eigenvalue weighted by atomic mass is 15.2. The zero-order valence-corrected chi connectivity index (χ0v) is 28.0. The quantitative estimate of drug-likeness (QED) is 0.152. The second-order valence-electron chi connectivity index (χ2n) is 12.6. The third-order valence-electron chi connectivity index (χ3n) is 9.41. The van der Waals surface area contributed by atoms with Crippen LogP contribution in [0.3, 0.4) is 0 Å². The van der Waals surface area contributed by atoms with Crippen molar-refractivity contribution in [2.45, 2.75) is 19.3 Å². The van der Waals surface area contributed by atoms with E-state index in [0.717, 1.165) is 42.0 Å². The van der Waals surface area contributed by atoms with E-state index in [1.807, 2.05) is 12.2 Å². The first kappa shape index (κ1) is 31.0. The van der Waals surface area contributed by atoms with Crippen molar-refractivity contribution in [1.29, 1.82) is 0 Å². The Kier molecular flexibility index (Phi) is 8.93. The van der Waals surface area contributed by atoms with E-state index in [1.54, 1.807) is 0 Å². The monoisotopic (exact) mass is 642 g/mol. The molecule has 6 aromatic rings. The number of fused-ring (bicyclic) bond motifs is 1. The van der Waals surface area contributed by atoms with Crippen LogP contribution >= 0.6 is 0 Å². The lowest BCUT2D eigenvalue weighted by molar-refractivity contribution is 0.824. The molecule has 0 spiro atoms. The third-order valence-corrected chi connectivity index (χ3v) is 9.41. The lowest BCUT2D eigenvalue weighted by atomic mass is 10.0. The minimum atomic E-state index is 1.00. The summed E-state index contributed by atoms with van der Waals surface area (Å²) < 4.78 is 0.